The number of aryl methyl sites for hydroxylation is 1. The largest absolute Gasteiger partial charge is 0.326 e. The fraction of sp³-hybridized carbons (Fsp3) is 0.208. The van der Waals surface area contributed by atoms with Crippen LogP contribution in [-0.2, 0) is 14.8 Å². The molecule has 7 heteroatoms. The van der Waals surface area contributed by atoms with E-state index in [1.54, 1.807) is 24.3 Å². The van der Waals surface area contributed by atoms with Crippen molar-refractivity contribution < 1.29 is 13.2 Å². The molecule has 0 heterocycles. The molecular weight excluding hydrogens is 476 g/mol. The van der Waals surface area contributed by atoms with Gasteiger partial charge in [0.2, 0.25) is 15.9 Å². The van der Waals surface area contributed by atoms with Crippen LogP contribution in [0.25, 0.3) is 0 Å². The number of hydrogen-bond donors (Lipinski definition) is 2. The van der Waals surface area contributed by atoms with Crippen LogP contribution in [0.4, 0.5) is 5.69 Å². The summed E-state index contributed by atoms with van der Waals surface area (Å²) in [6, 6.07) is 18.7. The molecule has 0 saturated carbocycles. The zero-order valence-corrected chi connectivity index (χ0v) is 20.0. The summed E-state index contributed by atoms with van der Waals surface area (Å²) in [5.41, 5.74) is 4.39. The number of sulfonamides is 1. The van der Waals surface area contributed by atoms with Crippen molar-refractivity contribution in [2.45, 2.75) is 38.1 Å². The van der Waals surface area contributed by atoms with Gasteiger partial charge in [-0.1, -0.05) is 64.0 Å². The second-order valence-electron chi connectivity index (χ2n) is 7.49. The lowest BCUT2D eigenvalue weighted by Crippen LogP contribution is -2.31. The molecule has 0 saturated heterocycles. The molecule has 162 valence electrons. The SMILES string of the molecule is Cc1ccc(S(=O)(=O)N[C@H](CC(=O)Nc2ccc(Br)c(C)c2C)c2ccccc2)cc1. The van der Waals surface area contributed by atoms with Crippen molar-refractivity contribution in [3.05, 3.63) is 93.5 Å². The average molecular weight is 501 g/mol. The molecule has 0 radical (unpaired) electrons. The van der Waals surface area contributed by atoms with Crippen LogP contribution in [0.1, 0.15) is 34.7 Å². The van der Waals surface area contributed by atoms with Gasteiger partial charge >= 0.3 is 0 Å². The van der Waals surface area contributed by atoms with Crippen LogP contribution in [-0.4, -0.2) is 14.3 Å². The van der Waals surface area contributed by atoms with Crippen LogP contribution in [0.5, 0.6) is 0 Å². The predicted octanol–water partition coefficient (Wildman–Crippen LogP) is 5.42. The fourth-order valence-corrected chi connectivity index (χ4v) is 4.85. The number of hydrogen-bond acceptors (Lipinski definition) is 3. The summed E-state index contributed by atoms with van der Waals surface area (Å²) in [5.74, 6) is -0.273. The Hall–Kier alpha value is -2.48. The third kappa shape index (κ3) is 5.81. The van der Waals surface area contributed by atoms with Gasteiger partial charge in [0.25, 0.3) is 0 Å². The summed E-state index contributed by atoms with van der Waals surface area (Å²) in [5, 5.41) is 2.92. The molecule has 0 aliphatic heterocycles. The topological polar surface area (TPSA) is 75.3 Å². The molecule has 3 aromatic carbocycles. The highest BCUT2D eigenvalue weighted by molar-refractivity contribution is 9.10. The Morgan fingerprint density at radius 3 is 2.19 bits per heavy atom. The normalized spacial score (nSPS) is 12.4. The first kappa shape index (κ1) is 23.2. The van der Waals surface area contributed by atoms with E-state index in [1.165, 1.54) is 0 Å². The Balaban J connectivity index is 1.84. The average Bonchev–Trinajstić information content (AvgIpc) is 2.74. The second-order valence-corrected chi connectivity index (χ2v) is 10.1. The van der Waals surface area contributed by atoms with Crippen LogP contribution in [0, 0.1) is 20.8 Å². The number of nitrogens with one attached hydrogen (secondary N) is 2. The van der Waals surface area contributed by atoms with Crippen molar-refractivity contribution in [1.82, 2.24) is 4.72 Å². The summed E-state index contributed by atoms with van der Waals surface area (Å²) >= 11 is 3.49. The van der Waals surface area contributed by atoms with Gasteiger partial charge in [-0.2, -0.15) is 0 Å². The third-order valence-electron chi connectivity index (χ3n) is 5.22. The highest BCUT2D eigenvalue weighted by atomic mass is 79.9. The van der Waals surface area contributed by atoms with Gasteiger partial charge in [0.15, 0.2) is 0 Å². The van der Waals surface area contributed by atoms with E-state index in [1.807, 2.05) is 63.2 Å². The van der Waals surface area contributed by atoms with Gasteiger partial charge < -0.3 is 5.32 Å². The Bertz CT molecular complexity index is 1180. The fourth-order valence-electron chi connectivity index (χ4n) is 3.20. The summed E-state index contributed by atoms with van der Waals surface area (Å²) < 4.78 is 29.6. The Labute approximate surface area is 192 Å². The quantitative estimate of drug-likeness (QED) is 0.454. The molecule has 0 aliphatic carbocycles. The van der Waals surface area contributed by atoms with E-state index in [-0.39, 0.29) is 17.2 Å². The molecule has 0 bridgehead atoms. The van der Waals surface area contributed by atoms with E-state index in [0.717, 1.165) is 26.7 Å². The lowest BCUT2D eigenvalue weighted by molar-refractivity contribution is -0.116. The van der Waals surface area contributed by atoms with Gasteiger partial charge in [-0.3, -0.25) is 4.79 Å². The smallest absolute Gasteiger partial charge is 0.241 e. The van der Waals surface area contributed by atoms with Crippen molar-refractivity contribution in [3.63, 3.8) is 0 Å². The highest BCUT2D eigenvalue weighted by Crippen LogP contribution is 2.27. The van der Waals surface area contributed by atoms with E-state index in [0.29, 0.717) is 5.69 Å². The van der Waals surface area contributed by atoms with E-state index in [2.05, 4.69) is 26.0 Å². The maximum absolute atomic E-state index is 13.0. The van der Waals surface area contributed by atoms with Gasteiger partial charge in [0, 0.05) is 16.6 Å². The van der Waals surface area contributed by atoms with Gasteiger partial charge in [-0.25, -0.2) is 13.1 Å². The van der Waals surface area contributed by atoms with Crippen molar-refractivity contribution in [2.24, 2.45) is 0 Å². The summed E-state index contributed by atoms with van der Waals surface area (Å²) in [6.07, 6.45) is -0.0380. The minimum absolute atomic E-state index is 0.0380. The number of benzene rings is 3. The van der Waals surface area contributed by atoms with E-state index in [9.17, 15) is 13.2 Å². The van der Waals surface area contributed by atoms with Gasteiger partial charge in [-0.05, 0) is 61.7 Å². The molecule has 1 atom stereocenters. The van der Waals surface area contributed by atoms with Gasteiger partial charge in [0.1, 0.15) is 0 Å². The summed E-state index contributed by atoms with van der Waals surface area (Å²) in [4.78, 5) is 13.0. The van der Waals surface area contributed by atoms with E-state index < -0.39 is 16.1 Å². The van der Waals surface area contributed by atoms with Crippen molar-refractivity contribution >= 4 is 37.5 Å². The summed E-state index contributed by atoms with van der Waals surface area (Å²) in [7, 11) is -3.80. The van der Waals surface area contributed by atoms with Crippen LogP contribution < -0.4 is 10.0 Å². The van der Waals surface area contributed by atoms with E-state index >= 15 is 0 Å². The minimum Gasteiger partial charge on any atom is -0.326 e. The molecular formula is C24H25BrN2O3S. The van der Waals surface area contributed by atoms with Gasteiger partial charge in [-0.15, -0.1) is 0 Å². The number of carbonyl (C=O) groups excluding carboxylic acids is 1. The number of rotatable bonds is 7. The molecule has 5 nitrogen and oxygen atoms in total. The highest BCUT2D eigenvalue weighted by Gasteiger charge is 2.24. The second kappa shape index (κ2) is 9.77. The minimum atomic E-state index is -3.80. The lowest BCUT2D eigenvalue weighted by atomic mass is 10.0. The van der Waals surface area contributed by atoms with Crippen molar-refractivity contribution in [3.8, 4) is 0 Å². The maximum atomic E-state index is 13.0. The number of halogens is 1. The van der Waals surface area contributed by atoms with Crippen molar-refractivity contribution in [2.75, 3.05) is 5.32 Å². The number of amides is 1. The molecule has 3 aromatic rings. The summed E-state index contributed by atoms with van der Waals surface area (Å²) in [6.45, 7) is 5.80. The first-order valence-electron chi connectivity index (χ1n) is 9.87. The molecule has 0 unspecified atom stereocenters. The molecule has 2 N–H and O–H groups in total. The number of carbonyl (C=O) groups is 1. The van der Waals surface area contributed by atoms with Crippen LogP contribution in [0.3, 0.4) is 0 Å². The molecule has 31 heavy (non-hydrogen) atoms. The van der Waals surface area contributed by atoms with E-state index in [4.69, 9.17) is 0 Å². The zero-order chi connectivity index (χ0) is 22.6. The number of anilines is 1. The molecule has 0 fully saturated rings. The standard InChI is InChI=1S/C24H25BrN2O3S/c1-16-9-11-20(12-10-16)31(29,30)27-23(19-7-5-4-6-8-19)15-24(28)26-22-14-13-21(25)17(2)18(22)3/h4-14,23,27H,15H2,1-3H3,(H,26,28)/t23-/m1/s1. The van der Waals surface area contributed by atoms with Crippen LogP contribution in [0.15, 0.2) is 76.1 Å². The van der Waals surface area contributed by atoms with Crippen LogP contribution in [0.2, 0.25) is 0 Å². The van der Waals surface area contributed by atoms with Crippen LogP contribution >= 0.6 is 15.9 Å². The van der Waals surface area contributed by atoms with Crippen molar-refractivity contribution in [1.29, 1.82) is 0 Å². The lowest BCUT2D eigenvalue weighted by Gasteiger charge is -2.20. The Kier molecular flexibility index (Phi) is 7.30. The Morgan fingerprint density at radius 2 is 1.55 bits per heavy atom. The predicted molar refractivity (Wildman–Crippen MR) is 128 cm³/mol. The molecule has 1 amide bonds. The Morgan fingerprint density at radius 1 is 0.903 bits per heavy atom. The molecule has 0 aliphatic rings. The first-order chi connectivity index (χ1) is 14.7. The monoisotopic (exact) mass is 500 g/mol. The maximum Gasteiger partial charge on any atom is 0.241 e. The third-order valence-corrected chi connectivity index (χ3v) is 7.56. The first-order valence-corrected chi connectivity index (χ1v) is 12.1. The zero-order valence-electron chi connectivity index (χ0n) is 17.6. The molecule has 0 aromatic heterocycles. The van der Waals surface area contributed by atoms with Gasteiger partial charge in [0.05, 0.1) is 10.9 Å². The molecule has 0 spiro atoms. The molecule has 3 rings (SSSR count).